The molecule has 0 radical (unpaired) electrons. The minimum Gasteiger partial charge on any atom is -0.497 e. The minimum absolute atomic E-state index is 0.160. The predicted octanol–water partition coefficient (Wildman–Crippen LogP) is 4.25. The first kappa shape index (κ1) is 19.5. The predicted molar refractivity (Wildman–Crippen MR) is 104 cm³/mol. The van der Waals surface area contributed by atoms with E-state index in [0.29, 0.717) is 34.2 Å². The van der Waals surface area contributed by atoms with Gasteiger partial charge < -0.3 is 19.2 Å². The number of amides is 1. The van der Waals surface area contributed by atoms with Crippen LogP contribution in [0, 0.1) is 0 Å². The SMILES string of the molecule is COc1cc(NC(=O)C(C)Sc2nnc(C3CCCCC3)o2)cc(OC)c1. The molecule has 0 spiro atoms. The van der Waals surface area contributed by atoms with Crippen LogP contribution in [0.5, 0.6) is 11.5 Å². The smallest absolute Gasteiger partial charge is 0.277 e. The third-order valence-electron chi connectivity index (χ3n) is 4.64. The first-order valence-electron chi connectivity index (χ1n) is 9.13. The molecule has 8 heteroatoms. The Kier molecular flexibility index (Phi) is 6.60. The summed E-state index contributed by atoms with van der Waals surface area (Å²) in [7, 11) is 3.14. The average molecular weight is 391 g/mol. The number of hydrogen-bond donors (Lipinski definition) is 1. The van der Waals surface area contributed by atoms with Crippen molar-refractivity contribution < 1.29 is 18.7 Å². The molecule has 1 unspecified atom stereocenters. The zero-order valence-corrected chi connectivity index (χ0v) is 16.7. The maximum Gasteiger partial charge on any atom is 0.277 e. The van der Waals surface area contributed by atoms with E-state index in [1.807, 2.05) is 6.92 Å². The number of carbonyl (C=O) groups is 1. The lowest BCUT2D eigenvalue weighted by Crippen LogP contribution is -2.22. The van der Waals surface area contributed by atoms with Gasteiger partial charge in [-0.2, -0.15) is 0 Å². The van der Waals surface area contributed by atoms with Crippen LogP contribution in [-0.4, -0.2) is 35.6 Å². The molecule has 3 rings (SSSR count). The number of aromatic nitrogens is 2. The highest BCUT2D eigenvalue weighted by molar-refractivity contribution is 8.00. The van der Waals surface area contributed by atoms with E-state index in [9.17, 15) is 4.79 Å². The number of thioether (sulfide) groups is 1. The molecule has 1 heterocycles. The number of anilines is 1. The van der Waals surface area contributed by atoms with Gasteiger partial charge in [-0.15, -0.1) is 10.2 Å². The summed E-state index contributed by atoms with van der Waals surface area (Å²) in [5.74, 6) is 2.11. The maximum absolute atomic E-state index is 12.5. The minimum atomic E-state index is -0.387. The number of rotatable bonds is 7. The molecule has 1 amide bonds. The topological polar surface area (TPSA) is 86.5 Å². The Labute approximate surface area is 163 Å². The average Bonchev–Trinajstić information content (AvgIpc) is 3.16. The van der Waals surface area contributed by atoms with Crippen molar-refractivity contribution in [3.63, 3.8) is 0 Å². The van der Waals surface area contributed by atoms with Crippen molar-refractivity contribution in [1.29, 1.82) is 0 Å². The van der Waals surface area contributed by atoms with Gasteiger partial charge in [0.2, 0.25) is 11.8 Å². The summed E-state index contributed by atoms with van der Waals surface area (Å²) in [4.78, 5) is 12.5. The number of hydrogen-bond acceptors (Lipinski definition) is 7. The molecule has 1 aliphatic rings. The van der Waals surface area contributed by atoms with Crippen molar-refractivity contribution in [2.24, 2.45) is 0 Å². The van der Waals surface area contributed by atoms with E-state index in [4.69, 9.17) is 13.9 Å². The van der Waals surface area contributed by atoms with E-state index in [0.717, 1.165) is 12.8 Å². The molecule has 1 aromatic carbocycles. The van der Waals surface area contributed by atoms with Gasteiger partial charge in [-0.05, 0) is 19.8 Å². The van der Waals surface area contributed by atoms with Gasteiger partial charge in [0.25, 0.3) is 5.22 Å². The Morgan fingerprint density at radius 3 is 2.44 bits per heavy atom. The third-order valence-corrected chi connectivity index (χ3v) is 5.58. The first-order chi connectivity index (χ1) is 13.1. The molecule has 1 N–H and O–H groups in total. The fourth-order valence-corrected chi connectivity index (χ4v) is 3.80. The van der Waals surface area contributed by atoms with Crippen molar-refractivity contribution >= 4 is 23.4 Å². The molecule has 0 aliphatic heterocycles. The van der Waals surface area contributed by atoms with Crippen molar-refractivity contribution in [1.82, 2.24) is 10.2 Å². The number of benzene rings is 1. The molecule has 1 atom stereocenters. The van der Waals surface area contributed by atoms with Gasteiger partial charge in [-0.1, -0.05) is 31.0 Å². The zero-order valence-electron chi connectivity index (χ0n) is 15.9. The molecule has 1 aliphatic carbocycles. The Balaban J connectivity index is 1.60. The highest BCUT2D eigenvalue weighted by Crippen LogP contribution is 2.34. The zero-order chi connectivity index (χ0) is 19.2. The van der Waals surface area contributed by atoms with E-state index in [1.165, 1.54) is 31.0 Å². The van der Waals surface area contributed by atoms with E-state index in [1.54, 1.807) is 32.4 Å². The van der Waals surface area contributed by atoms with Gasteiger partial charge in [0.1, 0.15) is 11.5 Å². The molecule has 7 nitrogen and oxygen atoms in total. The van der Waals surface area contributed by atoms with Gasteiger partial charge in [-0.25, -0.2) is 0 Å². The van der Waals surface area contributed by atoms with Gasteiger partial charge in [0, 0.05) is 29.8 Å². The van der Waals surface area contributed by atoms with Crippen LogP contribution in [0.2, 0.25) is 0 Å². The summed E-state index contributed by atoms with van der Waals surface area (Å²) >= 11 is 1.26. The van der Waals surface area contributed by atoms with Crippen molar-refractivity contribution in [2.45, 2.75) is 55.4 Å². The molecule has 2 aromatic rings. The van der Waals surface area contributed by atoms with Gasteiger partial charge in [0.05, 0.1) is 19.5 Å². The fraction of sp³-hybridized carbons (Fsp3) is 0.526. The van der Waals surface area contributed by atoms with E-state index < -0.39 is 0 Å². The monoisotopic (exact) mass is 391 g/mol. The number of carbonyl (C=O) groups excluding carboxylic acids is 1. The summed E-state index contributed by atoms with van der Waals surface area (Å²) in [5.41, 5.74) is 0.608. The molecule has 1 saturated carbocycles. The quantitative estimate of drug-likeness (QED) is 0.706. The van der Waals surface area contributed by atoms with E-state index in [2.05, 4.69) is 15.5 Å². The van der Waals surface area contributed by atoms with Crippen LogP contribution in [0.1, 0.15) is 50.8 Å². The van der Waals surface area contributed by atoms with Gasteiger partial charge in [0.15, 0.2) is 0 Å². The molecular weight excluding hydrogens is 366 g/mol. The Morgan fingerprint density at radius 1 is 1.15 bits per heavy atom. The number of ether oxygens (including phenoxy) is 2. The van der Waals surface area contributed by atoms with Crippen LogP contribution in [0.4, 0.5) is 5.69 Å². The van der Waals surface area contributed by atoms with Crippen LogP contribution < -0.4 is 14.8 Å². The van der Waals surface area contributed by atoms with Gasteiger partial charge >= 0.3 is 0 Å². The molecule has 1 fully saturated rings. The summed E-state index contributed by atoms with van der Waals surface area (Å²) in [6.07, 6.45) is 5.88. The van der Waals surface area contributed by atoms with E-state index >= 15 is 0 Å². The van der Waals surface area contributed by atoms with Crippen LogP contribution in [0.3, 0.4) is 0 Å². The maximum atomic E-state index is 12.5. The molecular formula is C19H25N3O4S. The first-order valence-corrected chi connectivity index (χ1v) is 10.0. The van der Waals surface area contributed by atoms with Crippen LogP contribution >= 0.6 is 11.8 Å². The number of nitrogens with one attached hydrogen (secondary N) is 1. The number of methoxy groups -OCH3 is 2. The van der Waals surface area contributed by atoms with Crippen molar-refractivity contribution in [2.75, 3.05) is 19.5 Å². The molecule has 27 heavy (non-hydrogen) atoms. The molecule has 146 valence electrons. The third kappa shape index (κ3) is 5.15. The summed E-state index contributed by atoms with van der Waals surface area (Å²) in [5, 5.41) is 11.2. The number of nitrogens with zero attached hydrogens (tertiary/aromatic N) is 2. The lowest BCUT2D eigenvalue weighted by molar-refractivity contribution is -0.115. The van der Waals surface area contributed by atoms with Crippen LogP contribution in [-0.2, 0) is 4.79 Å². The van der Waals surface area contributed by atoms with Gasteiger partial charge in [-0.3, -0.25) is 4.79 Å². The summed E-state index contributed by atoms with van der Waals surface area (Å²) in [6, 6.07) is 5.23. The van der Waals surface area contributed by atoms with Crippen LogP contribution in [0.15, 0.2) is 27.8 Å². The molecule has 1 aromatic heterocycles. The summed E-state index contributed by atoms with van der Waals surface area (Å²) < 4.78 is 16.2. The van der Waals surface area contributed by atoms with E-state index in [-0.39, 0.29) is 11.2 Å². The lowest BCUT2D eigenvalue weighted by Gasteiger charge is -2.17. The second-order valence-electron chi connectivity index (χ2n) is 6.59. The second kappa shape index (κ2) is 9.12. The normalized spacial score (nSPS) is 16.0. The highest BCUT2D eigenvalue weighted by atomic mass is 32.2. The Bertz CT molecular complexity index is 752. The standard InChI is InChI=1S/C19H25N3O4S/c1-12(17(23)20-14-9-15(24-2)11-16(10-14)25-3)27-19-22-21-18(26-19)13-7-5-4-6-8-13/h9-13H,4-8H2,1-3H3,(H,20,23). The largest absolute Gasteiger partial charge is 0.497 e. The highest BCUT2D eigenvalue weighted by Gasteiger charge is 2.23. The summed E-state index contributed by atoms with van der Waals surface area (Å²) in [6.45, 7) is 1.81. The lowest BCUT2D eigenvalue weighted by atomic mass is 9.89. The fourth-order valence-electron chi connectivity index (χ4n) is 3.11. The molecule has 0 bridgehead atoms. The Hall–Kier alpha value is -2.22. The van der Waals surface area contributed by atoms with Crippen LogP contribution in [0.25, 0.3) is 0 Å². The molecule has 0 saturated heterocycles. The van der Waals surface area contributed by atoms with Crippen molar-refractivity contribution in [3.05, 3.63) is 24.1 Å². The second-order valence-corrected chi connectivity index (χ2v) is 7.88. The Morgan fingerprint density at radius 2 is 1.81 bits per heavy atom. The van der Waals surface area contributed by atoms with Crippen molar-refractivity contribution in [3.8, 4) is 11.5 Å².